The Kier molecular flexibility index (Phi) is 2.32. The molecule has 0 unspecified atom stereocenters. The smallest absolute Gasteiger partial charge is 0.244 e. The van der Waals surface area contributed by atoms with E-state index in [-0.39, 0.29) is 5.91 Å². The summed E-state index contributed by atoms with van der Waals surface area (Å²) in [6.07, 6.45) is 1.97. The second kappa shape index (κ2) is 3.05. The number of thioether (sulfide) groups is 1. The number of nitrogens with zero attached hydrogens (tertiary/aromatic N) is 2. The van der Waals surface area contributed by atoms with E-state index in [0.717, 1.165) is 5.04 Å². The van der Waals surface area contributed by atoms with Gasteiger partial charge in [-0.25, -0.2) is 0 Å². The second-order valence-electron chi connectivity index (χ2n) is 2.16. The molecule has 1 aliphatic rings. The highest BCUT2D eigenvalue weighted by Crippen LogP contribution is 2.05. The summed E-state index contributed by atoms with van der Waals surface area (Å²) >= 11 is 1.61. The first kappa shape index (κ1) is 7.60. The molecule has 0 bridgehead atoms. The lowest BCUT2D eigenvalue weighted by molar-refractivity contribution is -0.128. The Morgan fingerprint density at radius 3 is 2.90 bits per heavy atom. The molecule has 1 amide bonds. The van der Waals surface area contributed by atoms with Crippen molar-refractivity contribution in [2.24, 2.45) is 4.99 Å². The van der Waals surface area contributed by atoms with Gasteiger partial charge in [-0.05, 0) is 6.26 Å². The Hall–Kier alpha value is -0.510. The number of carbonyl (C=O) groups excluding carboxylic acids is 1. The molecule has 10 heavy (non-hydrogen) atoms. The van der Waals surface area contributed by atoms with Gasteiger partial charge in [0, 0.05) is 7.05 Å². The van der Waals surface area contributed by atoms with E-state index in [1.807, 2.05) is 6.26 Å². The molecule has 0 spiro atoms. The molecule has 1 rings (SSSR count). The maximum absolute atomic E-state index is 10.9. The Balaban J connectivity index is 2.61. The van der Waals surface area contributed by atoms with Crippen LogP contribution >= 0.6 is 11.8 Å². The van der Waals surface area contributed by atoms with Gasteiger partial charge in [-0.3, -0.25) is 9.79 Å². The minimum atomic E-state index is 0.109. The van der Waals surface area contributed by atoms with Crippen molar-refractivity contribution < 1.29 is 4.79 Å². The van der Waals surface area contributed by atoms with Crippen LogP contribution in [0.15, 0.2) is 4.99 Å². The number of rotatable bonds is 0. The van der Waals surface area contributed by atoms with Crippen LogP contribution in [0.1, 0.15) is 0 Å². The van der Waals surface area contributed by atoms with Crippen molar-refractivity contribution in [3.63, 3.8) is 0 Å². The molecule has 56 valence electrons. The third-order valence-corrected chi connectivity index (χ3v) is 2.15. The first-order valence-corrected chi connectivity index (χ1v) is 4.28. The van der Waals surface area contributed by atoms with Crippen molar-refractivity contribution in [1.82, 2.24) is 4.90 Å². The molecule has 1 aliphatic heterocycles. The fourth-order valence-corrected chi connectivity index (χ4v) is 1.26. The lowest BCUT2D eigenvalue weighted by atomic mass is 10.4. The molecule has 0 aliphatic carbocycles. The van der Waals surface area contributed by atoms with Crippen molar-refractivity contribution >= 4 is 22.7 Å². The Bertz CT molecular complexity index is 179. The second-order valence-corrected chi connectivity index (χ2v) is 3.04. The fourth-order valence-electron chi connectivity index (χ4n) is 0.747. The van der Waals surface area contributed by atoms with E-state index in [9.17, 15) is 4.79 Å². The number of hydrogen-bond donors (Lipinski definition) is 0. The summed E-state index contributed by atoms with van der Waals surface area (Å²) < 4.78 is 0. The zero-order valence-corrected chi connectivity index (χ0v) is 6.94. The van der Waals surface area contributed by atoms with E-state index < -0.39 is 0 Å². The Morgan fingerprint density at radius 1 is 1.70 bits per heavy atom. The largest absolute Gasteiger partial charge is 0.338 e. The van der Waals surface area contributed by atoms with Gasteiger partial charge < -0.3 is 4.90 Å². The number of likely N-dealkylation sites (N-methyl/N-ethyl adjacent to an activating group) is 1. The van der Waals surface area contributed by atoms with Crippen LogP contribution in [0.5, 0.6) is 0 Å². The number of amides is 1. The maximum atomic E-state index is 10.9. The minimum Gasteiger partial charge on any atom is -0.338 e. The SMILES string of the molecule is CSC1=NCC(=O)N(C)C1. The zero-order valence-electron chi connectivity index (χ0n) is 6.13. The maximum Gasteiger partial charge on any atom is 0.244 e. The van der Waals surface area contributed by atoms with Gasteiger partial charge in [0.15, 0.2) is 0 Å². The van der Waals surface area contributed by atoms with Crippen LogP contribution in [-0.2, 0) is 4.79 Å². The first-order valence-electron chi connectivity index (χ1n) is 3.05. The van der Waals surface area contributed by atoms with Gasteiger partial charge in [-0.1, -0.05) is 0 Å². The normalized spacial score (nSPS) is 19.2. The topological polar surface area (TPSA) is 32.7 Å². The third kappa shape index (κ3) is 1.50. The molecule has 0 aromatic carbocycles. The van der Waals surface area contributed by atoms with Crippen LogP contribution in [0, 0.1) is 0 Å². The van der Waals surface area contributed by atoms with E-state index >= 15 is 0 Å². The molecule has 4 heteroatoms. The molecule has 0 N–H and O–H groups in total. The Labute approximate surface area is 64.5 Å². The highest BCUT2D eigenvalue weighted by Gasteiger charge is 2.15. The van der Waals surface area contributed by atoms with Crippen LogP contribution in [0.2, 0.25) is 0 Å². The standard InChI is InChI=1S/C6H10N2OS/c1-8-4-5(10-2)7-3-6(8)9/h3-4H2,1-2H3. The van der Waals surface area contributed by atoms with Gasteiger partial charge >= 0.3 is 0 Å². The van der Waals surface area contributed by atoms with E-state index in [1.165, 1.54) is 0 Å². The molecule has 0 aromatic heterocycles. The molecular formula is C6H10N2OS. The van der Waals surface area contributed by atoms with E-state index in [0.29, 0.717) is 13.1 Å². The molecule has 3 nitrogen and oxygen atoms in total. The average Bonchev–Trinajstić information content (AvgIpc) is 1.95. The molecule has 0 saturated heterocycles. The fraction of sp³-hybridized carbons (Fsp3) is 0.667. The molecule has 0 saturated carbocycles. The number of aliphatic imine (C=N–C) groups is 1. The molecule has 0 fully saturated rings. The van der Waals surface area contributed by atoms with Gasteiger partial charge in [0.1, 0.15) is 6.54 Å². The highest BCUT2D eigenvalue weighted by atomic mass is 32.2. The van der Waals surface area contributed by atoms with Crippen LogP contribution in [0.4, 0.5) is 0 Å². The minimum absolute atomic E-state index is 0.109. The highest BCUT2D eigenvalue weighted by molar-refractivity contribution is 8.13. The summed E-state index contributed by atoms with van der Waals surface area (Å²) in [7, 11) is 1.80. The van der Waals surface area contributed by atoms with Gasteiger partial charge in [0.05, 0.1) is 11.6 Å². The van der Waals surface area contributed by atoms with Crippen molar-refractivity contribution in [3.8, 4) is 0 Å². The van der Waals surface area contributed by atoms with Crippen LogP contribution < -0.4 is 0 Å². The average molecular weight is 158 g/mol. The first-order chi connectivity index (χ1) is 4.74. The quantitative estimate of drug-likeness (QED) is 0.505. The van der Waals surface area contributed by atoms with Crippen molar-refractivity contribution in [1.29, 1.82) is 0 Å². The molecule has 1 heterocycles. The van der Waals surface area contributed by atoms with E-state index in [4.69, 9.17) is 0 Å². The third-order valence-electron chi connectivity index (χ3n) is 1.42. The Morgan fingerprint density at radius 2 is 2.40 bits per heavy atom. The van der Waals surface area contributed by atoms with Crippen molar-refractivity contribution in [2.45, 2.75) is 0 Å². The molecule has 0 aromatic rings. The van der Waals surface area contributed by atoms with Gasteiger partial charge in [-0.2, -0.15) is 0 Å². The summed E-state index contributed by atoms with van der Waals surface area (Å²) in [5.41, 5.74) is 0. The lowest BCUT2D eigenvalue weighted by Crippen LogP contribution is -2.36. The zero-order chi connectivity index (χ0) is 7.56. The predicted octanol–water partition coefficient (Wildman–Crippen LogP) is 0.220. The summed E-state index contributed by atoms with van der Waals surface area (Å²) in [4.78, 5) is 16.6. The lowest BCUT2D eigenvalue weighted by Gasteiger charge is -2.20. The van der Waals surface area contributed by atoms with Crippen LogP contribution in [0.25, 0.3) is 0 Å². The van der Waals surface area contributed by atoms with Gasteiger partial charge in [0.2, 0.25) is 5.91 Å². The summed E-state index contributed by atoms with van der Waals surface area (Å²) in [6, 6.07) is 0. The van der Waals surface area contributed by atoms with Crippen molar-refractivity contribution in [2.75, 3.05) is 26.4 Å². The summed E-state index contributed by atoms with van der Waals surface area (Å²) in [6.45, 7) is 1.01. The van der Waals surface area contributed by atoms with Gasteiger partial charge in [-0.15, -0.1) is 11.8 Å². The monoisotopic (exact) mass is 158 g/mol. The van der Waals surface area contributed by atoms with E-state index in [1.54, 1.807) is 23.7 Å². The van der Waals surface area contributed by atoms with E-state index in [2.05, 4.69) is 4.99 Å². The molecule has 0 atom stereocenters. The van der Waals surface area contributed by atoms with Crippen LogP contribution in [0.3, 0.4) is 0 Å². The molecule has 0 radical (unpaired) electrons. The number of hydrogen-bond acceptors (Lipinski definition) is 3. The molecular weight excluding hydrogens is 148 g/mol. The summed E-state index contributed by atoms with van der Waals surface area (Å²) in [5.74, 6) is 0.109. The summed E-state index contributed by atoms with van der Waals surface area (Å²) in [5, 5.41) is 1.04. The van der Waals surface area contributed by atoms with Crippen molar-refractivity contribution in [3.05, 3.63) is 0 Å². The van der Waals surface area contributed by atoms with Gasteiger partial charge in [0.25, 0.3) is 0 Å². The van der Waals surface area contributed by atoms with Crippen LogP contribution in [-0.4, -0.2) is 42.2 Å². The number of carbonyl (C=O) groups is 1. The predicted molar refractivity (Wildman–Crippen MR) is 43.5 cm³/mol.